The number of carbonyl (C=O) groups excluding carboxylic acids is 1. The standard InChI is InChI=1S/C21H23N5O3/c22-14-19-20(24-8-7-23-19)29-18-2-1-9-26(15-18)21(27)16-3-5-17(6-4-16)25-10-12-28-13-11-25/h3-8,18H,1-2,9-13,15H2/t18-/m1/s1. The smallest absolute Gasteiger partial charge is 0.253 e. The second-order valence-corrected chi connectivity index (χ2v) is 7.10. The van der Waals surface area contributed by atoms with Gasteiger partial charge in [0.15, 0.2) is 0 Å². The van der Waals surface area contributed by atoms with Gasteiger partial charge in [0.05, 0.1) is 19.8 Å². The first-order valence-corrected chi connectivity index (χ1v) is 9.84. The van der Waals surface area contributed by atoms with E-state index < -0.39 is 0 Å². The van der Waals surface area contributed by atoms with Crippen molar-refractivity contribution in [3.63, 3.8) is 0 Å². The molecule has 2 aliphatic rings. The molecule has 0 aliphatic carbocycles. The predicted molar refractivity (Wildman–Crippen MR) is 106 cm³/mol. The lowest BCUT2D eigenvalue weighted by Gasteiger charge is -2.33. The van der Waals surface area contributed by atoms with E-state index in [1.165, 1.54) is 12.4 Å². The fourth-order valence-corrected chi connectivity index (χ4v) is 3.68. The lowest BCUT2D eigenvalue weighted by molar-refractivity contribution is 0.0526. The Hall–Kier alpha value is -3.18. The second kappa shape index (κ2) is 8.88. The summed E-state index contributed by atoms with van der Waals surface area (Å²) in [5.74, 6) is 0.218. The maximum Gasteiger partial charge on any atom is 0.253 e. The first-order chi connectivity index (χ1) is 14.2. The normalized spacial score (nSPS) is 19.5. The third kappa shape index (κ3) is 4.46. The van der Waals surface area contributed by atoms with E-state index in [4.69, 9.17) is 14.7 Å². The topological polar surface area (TPSA) is 91.6 Å². The molecule has 0 radical (unpaired) electrons. The Morgan fingerprint density at radius 2 is 1.90 bits per heavy atom. The van der Waals surface area contributed by atoms with E-state index in [-0.39, 0.29) is 23.6 Å². The van der Waals surface area contributed by atoms with Gasteiger partial charge in [0.25, 0.3) is 11.8 Å². The average molecular weight is 393 g/mol. The van der Waals surface area contributed by atoms with Gasteiger partial charge in [-0.3, -0.25) is 4.79 Å². The van der Waals surface area contributed by atoms with Gasteiger partial charge >= 0.3 is 0 Å². The molecule has 0 saturated carbocycles. The van der Waals surface area contributed by atoms with Crippen LogP contribution < -0.4 is 9.64 Å². The number of amides is 1. The highest BCUT2D eigenvalue weighted by Crippen LogP contribution is 2.22. The molecule has 1 aromatic heterocycles. The fourth-order valence-electron chi connectivity index (χ4n) is 3.68. The van der Waals surface area contributed by atoms with Crippen LogP contribution in [0.2, 0.25) is 0 Å². The number of nitrogens with zero attached hydrogens (tertiary/aromatic N) is 5. The van der Waals surface area contributed by atoms with Crippen molar-refractivity contribution in [1.29, 1.82) is 5.26 Å². The minimum absolute atomic E-state index is 0.00789. The number of carbonyl (C=O) groups is 1. The van der Waals surface area contributed by atoms with E-state index in [0.717, 1.165) is 44.8 Å². The van der Waals surface area contributed by atoms with Crippen LogP contribution in [-0.2, 0) is 4.74 Å². The number of anilines is 1. The minimum Gasteiger partial charge on any atom is -0.470 e. The highest BCUT2D eigenvalue weighted by molar-refractivity contribution is 5.94. The molecule has 3 heterocycles. The van der Waals surface area contributed by atoms with Gasteiger partial charge in [-0.25, -0.2) is 9.97 Å². The molecule has 0 unspecified atom stereocenters. The van der Waals surface area contributed by atoms with Gasteiger partial charge in [-0.2, -0.15) is 5.26 Å². The van der Waals surface area contributed by atoms with Crippen LogP contribution in [0.3, 0.4) is 0 Å². The Labute approximate surface area is 169 Å². The molecule has 1 amide bonds. The predicted octanol–water partition coefficient (Wildman–Crippen LogP) is 1.87. The summed E-state index contributed by atoms with van der Waals surface area (Å²) in [6.07, 6.45) is 4.40. The summed E-state index contributed by atoms with van der Waals surface area (Å²) in [6.45, 7) is 4.35. The molecule has 8 nitrogen and oxygen atoms in total. The first kappa shape index (κ1) is 19.2. The molecule has 2 fully saturated rings. The molecular weight excluding hydrogens is 370 g/mol. The maximum atomic E-state index is 13.0. The Kier molecular flexibility index (Phi) is 5.86. The summed E-state index contributed by atoms with van der Waals surface area (Å²) in [4.78, 5) is 25.1. The number of hydrogen-bond acceptors (Lipinski definition) is 7. The van der Waals surface area contributed by atoms with Crippen LogP contribution in [0.4, 0.5) is 5.69 Å². The number of morpholine rings is 1. The number of nitriles is 1. The Bertz CT molecular complexity index is 890. The van der Waals surface area contributed by atoms with E-state index in [9.17, 15) is 4.79 Å². The molecule has 29 heavy (non-hydrogen) atoms. The van der Waals surface area contributed by atoms with Crippen molar-refractivity contribution in [1.82, 2.24) is 14.9 Å². The SMILES string of the molecule is N#Cc1nccnc1O[C@@H]1CCCN(C(=O)c2ccc(N3CCOCC3)cc2)C1. The molecule has 4 rings (SSSR count). The summed E-state index contributed by atoms with van der Waals surface area (Å²) in [7, 11) is 0. The third-order valence-electron chi connectivity index (χ3n) is 5.20. The van der Waals surface area contributed by atoms with E-state index in [2.05, 4.69) is 14.9 Å². The molecule has 2 aromatic rings. The van der Waals surface area contributed by atoms with E-state index >= 15 is 0 Å². The Morgan fingerprint density at radius 3 is 2.66 bits per heavy atom. The molecule has 0 bridgehead atoms. The quantitative estimate of drug-likeness (QED) is 0.783. The molecule has 1 atom stereocenters. The van der Waals surface area contributed by atoms with Gasteiger partial charge in [0.1, 0.15) is 12.2 Å². The Morgan fingerprint density at radius 1 is 1.14 bits per heavy atom. The lowest BCUT2D eigenvalue weighted by Crippen LogP contribution is -2.44. The van der Waals surface area contributed by atoms with Crippen LogP contribution in [0.5, 0.6) is 5.88 Å². The summed E-state index contributed by atoms with van der Waals surface area (Å²) >= 11 is 0. The monoisotopic (exact) mass is 393 g/mol. The average Bonchev–Trinajstić information content (AvgIpc) is 2.80. The van der Waals surface area contributed by atoms with Gasteiger partial charge in [-0.05, 0) is 37.1 Å². The molecule has 1 aromatic carbocycles. The zero-order valence-electron chi connectivity index (χ0n) is 16.2. The molecule has 0 spiro atoms. The van der Waals surface area contributed by atoms with Gasteiger partial charge in [0.2, 0.25) is 5.69 Å². The fraction of sp³-hybridized carbons (Fsp3) is 0.429. The molecule has 8 heteroatoms. The molecular formula is C21H23N5O3. The van der Waals surface area contributed by atoms with Crippen molar-refractivity contribution in [2.45, 2.75) is 18.9 Å². The number of benzene rings is 1. The zero-order chi connectivity index (χ0) is 20.1. The Balaban J connectivity index is 1.40. The van der Waals surface area contributed by atoms with Crippen molar-refractivity contribution in [2.75, 3.05) is 44.3 Å². The second-order valence-electron chi connectivity index (χ2n) is 7.10. The molecule has 2 aliphatic heterocycles. The van der Waals surface area contributed by atoms with Crippen molar-refractivity contribution in [2.24, 2.45) is 0 Å². The molecule has 0 N–H and O–H groups in total. The summed E-state index contributed by atoms with van der Waals surface area (Å²) in [5, 5.41) is 9.15. The summed E-state index contributed by atoms with van der Waals surface area (Å²) in [5.41, 5.74) is 1.94. The summed E-state index contributed by atoms with van der Waals surface area (Å²) < 4.78 is 11.3. The van der Waals surface area contributed by atoms with Gasteiger partial charge in [-0.1, -0.05) is 0 Å². The number of aromatic nitrogens is 2. The van der Waals surface area contributed by atoms with Crippen molar-refractivity contribution >= 4 is 11.6 Å². The van der Waals surface area contributed by atoms with E-state index in [1.54, 1.807) is 4.90 Å². The van der Waals surface area contributed by atoms with Crippen molar-refractivity contribution < 1.29 is 14.3 Å². The molecule has 150 valence electrons. The number of piperidine rings is 1. The highest BCUT2D eigenvalue weighted by Gasteiger charge is 2.27. The van der Waals surface area contributed by atoms with Crippen LogP contribution in [0, 0.1) is 11.3 Å². The first-order valence-electron chi connectivity index (χ1n) is 9.84. The van der Waals surface area contributed by atoms with Crippen LogP contribution in [0.15, 0.2) is 36.7 Å². The third-order valence-corrected chi connectivity index (χ3v) is 5.20. The minimum atomic E-state index is -0.205. The molecule has 2 saturated heterocycles. The number of rotatable bonds is 4. The maximum absolute atomic E-state index is 13.0. The van der Waals surface area contributed by atoms with Crippen LogP contribution in [0.1, 0.15) is 28.9 Å². The van der Waals surface area contributed by atoms with Crippen molar-refractivity contribution in [3.8, 4) is 11.9 Å². The van der Waals surface area contributed by atoms with E-state index in [0.29, 0.717) is 18.7 Å². The van der Waals surface area contributed by atoms with Crippen LogP contribution in [0.25, 0.3) is 0 Å². The van der Waals surface area contributed by atoms with Gasteiger partial charge in [-0.15, -0.1) is 0 Å². The van der Waals surface area contributed by atoms with Gasteiger partial charge in [0, 0.05) is 43.3 Å². The van der Waals surface area contributed by atoms with Gasteiger partial charge < -0.3 is 19.3 Å². The van der Waals surface area contributed by atoms with Crippen molar-refractivity contribution in [3.05, 3.63) is 47.9 Å². The van der Waals surface area contributed by atoms with E-state index in [1.807, 2.05) is 30.3 Å². The highest BCUT2D eigenvalue weighted by atomic mass is 16.5. The number of hydrogen-bond donors (Lipinski definition) is 0. The van der Waals surface area contributed by atoms with Crippen LogP contribution >= 0.6 is 0 Å². The number of ether oxygens (including phenoxy) is 2. The summed E-state index contributed by atoms with van der Waals surface area (Å²) in [6, 6.07) is 9.74. The largest absolute Gasteiger partial charge is 0.470 e. The van der Waals surface area contributed by atoms with Crippen LogP contribution in [-0.4, -0.2) is 66.3 Å². The zero-order valence-corrected chi connectivity index (χ0v) is 16.2. The lowest BCUT2D eigenvalue weighted by atomic mass is 10.1. The number of likely N-dealkylation sites (tertiary alicyclic amines) is 1.